The zero-order valence-corrected chi connectivity index (χ0v) is 13.1. The van der Waals surface area contributed by atoms with Crippen LogP contribution in [-0.2, 0) is 0 Å². The van der Waals surface area contributed by atoms with Crippen LogP contribution < -0.4 is 5.32 Å². The molecule has 0 radical (unpaired) electrons. The average Bonchev–Trinajstić information content (AvgIpc) is 2.33. The second-order valence-electron chi connectivity index (χ2n) is 5.65. The first-order valence-corrected chi connectivity index (χ1v) is 8.26. The molecule has 3 unspecified atom stereocenters. The largest absolute Gasteiger partial charge is 0.309 e. The molecule has 0 amide bonds. The number of piperazine rings is 1. The summed E-state index contributed by atoms with van der Waals surface area (Å²) in [7, 11) is 0. The van der Waals surface area contributed by atoms with Crippen molar-refractivity contribution in [3.05, 3.63) is 0 Å². The van der Waals surface area contributed by atoms with Crippen LogP contribution >= 0.6 is 11.8 Å². The van der Waals surface area contributed by atoms with E-state index in [-0.39, 0.29) is 0 Å². The third-order valence-corrected chi connectivity index (χ3v) is 5.09. The Bertz CT molecular complexity index is 222. The summed E-state index contributed by atoms with van der Waals surface area (Å²) in [6.07, 6.45) is 2.54. The van der Waals surface area contributed by atoms with Gasteiger partial charge in [-0.15, -0.1) is 0 Å². The van der Waals surface area contributed by atoms with Gasteiger partial charge in [-0.3, -0.25) is 4.90 Å². The van der Waals surface area contributed by atoms with Crippen LogP contribution in [0.5, 0.6) is 0 Å². The Morgan fingerprint density at radius 2 is 2.18 bits per heavy atom. The summed E-state index contributed by atoms with van der Waals surface area (Å²) >= 11 is 2.07. The molecule has 3 heteroatoms. The molecule has 0 saturated carbocycles. The van der Waals surface area contributed by atoms with Gasteiger partial charge in [-0.2, -0.15) is 11.8 Å². The highest BCUT2D eigenvalue weighted by Gasteiger charge is 2.34. The van der Waals surface area contributed by atoms with E-state index in [2.05, 4.69) is 56.6 Å². The average molecular weight is 258 g/mol. The van der Waals surface area contributed by atoms with Gasteiger partial charge < -0.3 is 5.32 Å². The predicted molar refractivity (Wildman–Crippen MR) is 79.9 cm³/mol. The Balaban J connectivity index is 2.48. The van der Waals surface area contributed by atoms with Crippen molar-refractivity contribution in [3.8, 4) is 0 Å². The second kappa shape index (κ2) is 7.01. The SMILES string of the molecule is CCSCCC(C)N1CC(C)(CC)NCC1C. The molecule has 102 valence electrons. The van der Waals surface area contributed by atoms with Crippen LogP contribution in [0, 0.1) is 0 Å². The first kappa shape index (κ1) is 15.3. The van der Waals surface area contributed by atoms with E-state index >= 15 is 0 Å². The van der Waals surface area contributed by atoms with E-state index in [9.17, 15) is 0 Å². The van der Waals surface area contributed by atoms with Gasteiger partial charge in [-0.1, -0.05) is 13.8 Å². The summed E-state index contributed by atoms with van der Waals surface area (Å²) in [5, 5.41) is 3.70. The molecule has 1 aliphatic heterocycles. The molecular formula is C14H30N2S. The maximum atomic E-state index is 3.70. The highest BCUT2D eigenvalue weighted by molar-refractivity contribution is 7.99. The number of hydrogen-bond donors (Lipinski definition) is 1. The minimum Gasteiger partial charge on any atom is -0.309 e. The number of rotatable bonds is 6. The molecule has 0 aromatic rings. The molecule has 3 atom stereocenters. The standard InChI is InChI=1S/C14H30N2S/c1-6-14(5)11-16(13(4)10-15-14)12(3)8-9-17-7-2/h12-13,15H,6-11H2,1-5H3. The van der Waals surface area contributed by atoms with Crippen molar-refractivity contribution in [2.75, 3.05) is 24.6 Å². The molecule has 17 heavy (non-hydrogen) atoms. The van der Waals surface area contributed by atoms with Crippen LogP contribution in [0.25, 0.3) is 0 Å². The number of nitrogens with one attached hydrogen (secondary N) is 1. The van der Waals surface area contributed by atoms with Gasteiger partial charge in [-0.25, -0.2) is 0 Å². The van der Waals surface area contributed by atoms with Crippen molar-refractivity contribution < 1.29 is 0 Å². The lowest BCUT2D eigenvalue weighted by atomic mass is 9.92. The van der Waals surface area contributed by atoms with Gasteiger partial charge in [-0.05, 0) is 45.1 Å². The van der Waals surface area contributed by atoms with Gasteiger partial charge in [0.05, 0.1) is 0 Å². The fourth-order valence-corrected chi connectivity index (χ4v) is 3.31. The van der Waals surface area contributed by atoms with E-state index in [0.717, 1.165) is 12.6 Å². The summed E-state index contributed by atoms with van der Waals surface area (Å²) in [6, 6.07) is 1.40. The van der Waals surface area contributed by atoms with Crippen LogP contribution in [0.2, 0.25) is 0 Å². The predicted octanol–water partition coefficient (Wildman–Crippen LogP) is 2.98. The molecule has 0 aliphatic carbocycles. The van der Waals surface area contributed by atoms with E-state index in [1.54, 1.807) is 0 Å². The highest BCUT2D eigenvalue weighted by Crippen LogP contribution is 2.22. The van der Waals surface area contributed by atoms with Crippen molar-refractivity contribution in [1.29, 1.82) is 0 Å². The zero-order chi connectivity index (χ0) is 12.9. The van der Waals surface area contributed by atoms with E-state index in [4.69, 9.17) is 0 Å². The number of nitrogens with zero attached hydrogens (tertiary/aromatic N) is 1. The Labute approximate surface area is 112 Å². The maximum absolute atomic E-state index is 3.70. The zero-order valence-electron chi connectivity index (χ0n) is 12.3. The molecule has 2 nitrogen and oxygen atoms in total. The van der Waals surface area contributed by atoms with Gasteiger partial charge in [0.1, 0.15) is 0 Å². The fraction of sp³-hybridized carbons (Fsp3) is 1.00. The Kier molecular flexibility index (Phi) is 6.32. The first-order chi connectivity index (χ1) is 8.02. The quantitative estimate of drug-likeness (QED) is 0.737. The molecule has 0 bridgehead atoms. The molecule has 1 heterocycles. The van der Waals surface area contributed by atoms with E-state index in [0.29, 0.717) is 11.6 Å². The molecule has 1 aliphatic rings. The second-order valence-corrected chi connectivity index (χ2v) is 7.04. The Morgan fingerprint density at radius 3 is 2.76 bits per heavy atom. The third kappa shape index (κ3) is 4.46. The third-order valence-electron chi connectivity index (χ3n) is 4.15. The van der Waals surface area contributed by atoms with Crippen molar-refractivity contribution in [3.63, 3.8) is 0 Å². The van der Waals surface area contributed by atoms with Crippen molar-refractivity contribution in [1.82, 2.24) is 10.2 Å². The van der Waals surface area contributed by atoms with Gasteiger partial charge in [0.2, 0.25) is 0 Å². The minimum absolute atomic E-state index is 0.318. The summed E-state index contributed by atoms with van der Waals surface area (Å²) in [6.45, 7) is 14.0. The van der Waals surface area contributed by atoms with Crippen molar-refractivity contribution in [2.24, 2.45) is 0 Å². The highest BCUT2D eigenvalue weighted by atomic mass is 32.2. The maximum Gasteiger partial charge on any atom is 0.0278 e. The van der Waals surface area contributed by atoms with Crippen LogP contribution in [0.1, 0.15) is 47.5 Å². The van der Waals surface area contributed by atoms with Crippen LogP contribution in [-0.4, -0.2) is 47.1 Å². The molecule has 0 aromatic carbocycles. The van der Waals surface area contributed by atoms with Crippen LogP contribution in [0.15, 0.2) is 0 Å². The van der Waals surface area contributed by atoms with E-state index < -0.39 is 0 Å². The fourth-order valence-electron chi connectivity index (χ4n) is 2.52. The molecular weight excluding hydrogens is 228 g/mol. The van der Waals surface area contributed by atoms with E-state index in [1.807, 2.05) is 0 Å². The summed E-state index contributed by atoms with van der Waals surface area (Å²) in [5.41, 5.74) is 0.318. The van der Waals surface area contributed by atoms with Crippen LogP contribution in [0.3, 0.4) is 0 Å². The van der Waals surface area contributed by atoms with Gasteiger partial charge in [0.15, 0.2) is 0 Å². The topological polar surface area (TPSA) is 15.3 Å². The van der Waals surface area contributed by atoms with E-state index in [1.165, 1.54) is 30.9 Å². The smallest absolute Gasteiger partial charge is 0.0278 e. The molecule has 1 rings (SSSR count). The summed E-state index contributed by atoms with van der Waals surface area (Å²) < 4.78 is 0. The van der Waals surface area contributed by atoms with Crippen molar-refractivity contribution in [2.45, 2.75) is 65.1 Å². The summed E-state index contributed by atoms with van der Waals surface area (Å²) in [4.78, 5) is 2.70. The number of thioether (sulfide) groups is 1. The number of hydrogen-bond acceptors (Lipinski definition) is 3. The normalized spacial score (nSPS) is 32.6. The lowest BCUT2D eigenvalue weighted by molar-refractivity contribution is 0.0590. The molecule has 0 spiro atoms. The van der Waals surface area contributed by atoms with Crippen molar-refractivity contribution >= 4 is 11.8 Å². The molecule has 0 aromatic heterocycles. The van der Waals surface area contributed by atoms with Gasteiger partial charge >= 0.3 is 0 Å². The van der Waals surface area contributed by atoms with Crippen LogP contribution in [0.4, 0.5) is 0 Å². The van der Waals surface area contributed by atoms with Gasteiger partial charge in [0, 0.05) is 30.7 Å². The summed E-state index contributed by atoms with van der Waals surface area (Å²) in [5.74, 6) is 2.55. The lowest BCUT2D eigenvalue weighted by Crippen LogP contribution is -2.63. The molecule has 1 fully saturated rings. The molecule has 1 saturated heterocycles. The van der Waals surface area contributed by atoms with Gasteiger partial charge in [0.25, 0.3) is 0 Å². The monoisotopic (exact) mass is 258 g/mol. The Hall–Kier alpha value is 0.270. The minimum atomic E-state index is 0.318. The molecule has 1 N–H and O–H groups in total. The Morgan fingerprint density at radius 1 is 1.47 bits per heavy atom. The lowest BCUT2D eigenvalue weighted by Gasteiger charge is -2.47. The first-order valence-electron chi connectivity index (χ1n) is 7.11.